The number of sulfonamides is 1. The average molecular weight is 531 g/mol. The van der Waals surface area contributed by atoms with Gasteiger partial charge in [0, 0.05) is 13.0 Å². The monoisotopic (exact) mass is 530 g/mol. The minimum atomic E-state index is -4.10. The Morgan fingerprint density at radius 2 is 1.84 bits per heavy atom. The molecular weight excluding hydrogens is 500 g/mol. The molecule has 12 nitrogen and oxygen atoms in total. The average Bonchev–Trinajstić information content (AvgIpc) is 3.30. The summed E-state index contributed by atoms with van der Waals surface area (Å²) in [6.45, 7) is 1.58. The third-order valence-electron chi connectivity index (χ3n) is 5.48. The zero-order chi connectivity index (χ0) is 27.0. The van der Waals surface area contributed by atoms with Crippen molar-refractivity contribution >= 4 is 39.3 Å². The molecule has 1 amide bonds. The first kappa shape index (κ1) is 27.6. The van der Waals surface area contributed by atoms with Crippen LogP contribution in [0.1, 0.15) is 37.3 Å². The van der Waals surface area contributed by atoms with Crippen LogP contribution in [0.15, 0.2) is 63.6 Å². The second kappa shape index (κ2) is 12.3. The van der Waals surface area contributed by atoms with Gasteiger partial charge in [-0.3, -0.25) is 9.59 Å². The van der Waals surface area contributed by atoms with E-state index < -0.39 is 40.6 Å². The van der Waals surface area contributed by atoms with Gasteiger partial charge in [0.1, 0.15) is 12.1 Å². The third kappa shape index (κ3) is 8.02. The molecule has 0 saturated heterocycles. The number of nitrogens with two attached hydrogens (primary N) is 2. The molecule has 1 aliphatic rings. The van der Waals surface area contributed by atoms with Crippen LogP contribution < -0.4 is 21.5 Å². The molecule has 13 heteroatoms. The molecule has 0 fully saturated rings. The van der Waals surface area contributed by atoms with Gasteiger partial charge >= 0.3 is 5.97 Å². The van der Waals surface area contributed by atoms with E-state index in [4.69, 9.17) is 16.3 Å². The maximum Gasteiger partial charge on any atom is 0.323 e. The molecule has 0 unspecified atom stereocenters. The summed E-state index contributed by atoms with van der Waals surface area (Å²) in [5.41, 5.74) is 13.7. The number of guanidine groups is 1. The lowest BCUT2D eigenvalue weighted by molar-refractivity contribution is -0.138. The number of carbonyl (C=O) groups excluding carboxylic acids is 1. The molecule has 1 aliphatic heterocycles. The SMILES string of the molecule is CCCc1ccc(S(=O)(=O)N[C@@H](CNC(=O)C[C@@H]2CC(c3ccc(N=C(N)N)cc3)=NO2)C(=O)O)cc1. The van der Waals surface area contributed by atoms with Gasteiger partial charge in [-0.2, -0.15) is 4.72 Å². The lowest BCUT2D eigenvalue weighted by atomic mass is 10.0. The minimum Gasteiger partial charge on any atom is -0.480 e. The highest BCUT2D eigenvalue weighted by atomic mass is 32.2. The van der Waals surface area contributed by atoms with Crippen LogP contribution in [0.3, 0.4) is 0 Å². The first-order valence-corrected chi connectivity index (χ1v) is 13.1. The number of hydrogen-bond acceptors (Lipinski definition) is 7. The Morgan fingerprint density at radius 1 is 1.16 bits per heavy atom. The summed E-state index contributed by atoms with van der Waals surface area (Å²) in [5, 5.41) is 16.0. The molecule has 0 saturated carbocycles. The van der Waals surface area contributed by atoms with Crippen LogP contribution in [0.25, 0.3) is 0 Å². The van der Waals surface area contributed by atoms with E-state index in [1.807, 2.05) is 6.92 Å². The van der Waals surface area contributed by atoms with Crippen LogP contribution in [0, 0.1) is 0 Å². The van der Waals surface area contributed by atoms with Crippen molar-refractivity contribution < 1.29 is 28.0 Å². The number of carbonyl (C=O) groups is 2. The van der Waals surface area contributed by atoms with Crippen molar-refractivity contribution in [2.75, 3.05) is 6.54 Å². The number of hydrogen-bond donors (Lipinski definition) is 5. The molecule has 2 aromatic rings. The first-order chi connectivity index (χ1) is 17.6. The second-order valence-corrected chi connectivity index (χ2v) is 10.2. The molecular formula is C24H30N6O6S. The Balaban J connectivity index is 1.51. The number of nitrogens with one attached hydrogen (secondary N) is 2. The summed E-state index contributed by atoms with van der Waals surface area (Å²) in [7, 11) is -4.10. The second-order valence-electron chi connectivity index (χ2n) is 8.47. The molecule has 0 aromatic heterocycles. The normalized spacial score (nSPS) is 15.8. The van der Waals surface area contributed by atoms with Crippen LogP contribution >= 0.6 is 0 Å². The molecule has 0 spiro atoms. The largest absolute Gasteiger partial charge is 0.480 e. The van der Waals surface area contributed by atoms with Gasteiger partial charge in [0.15, 0.2) is 5.96 Å². The fourth-order valence-electron chi connectivity index (χ4n) is 3.64. The summed E-state index contributed by atoms with van der Waals surface area (Å²) in [6, 6.07) is 11.6. The number of aliphatic carboxylic acids is 1. The van der Waals surface area contributed by atoms with Crippen LogP contribution in [0.4, 0.5) is 5.69 Å². The van der Waals surface area contributed by atoms with Crippen molar-refractivity contribution in [3.63, 3.8) is 0 Å². The van der Waals surface area contributed by atoms with Crippen molar-refractivity contribution in [3.8, 4) is 0 Å². The van der Waals surface area contributed by atoms with Crippen molar-refractivity contribution in [2.24, 2.45) is 21.6 Å². The number of rotatable bonds is 12. The van der Waals surface area contributed by atoms with Crippen molar-refractivity contribution in [3.05, 3.63) is 59.7 Å². The molecule has 0 radical (unpaired) electrons. The van der Waals surface area contributed by atoms with Crippen LogP contribution in [-0.4, -0.2) is 55.8 Å². The number of aryl methyl sites for hydroxylation is 1. The van der Waals surface area contributed by atoms with Crippen molar-refractivity contribution in [1.82, 2.24) is 10.0 Å². The number of oxime groups is 1. The number of aliphatic imine (C=N–C) groups is 1. The maximum atomic E-state index is 12.6. The molecule has 0 aliphatic carbocycles. The van der Waals surface area contributed by atoms with Crippen LogP contribution in [-0.2, 0) is 30.9 Å². The Bertz CT molecular complexity index is 1270. The predicted molar refractivity (Wildman–Crippen MR) is 138 cm³/mol. The fraction of sp³-hybridized carbons (Fsp3) is 0.333. The number of carboxylic acid groups (broad SMARTS) is 1. The summed E-state index contributed by atoms with van der Waals surface area (Å²) in [6.07, 6.45) is 1.45. The number of nitrogens with zero attached hydrogens (tertiary/aromatic N) is 2. The highest BCUT2D eigenvalue weighted by Gasteiger charge is 2.28. The van der Waals surface area contributed by atoms with E-state index in [2.05, 4.69) is 20.2 Å². The Kier molecular flexibility index (Phi) is 9.20. The van der Waals surface area contributed by atoms with Crippen LogP contribution in [0.2, 0.25) is 0 Å². The van der Waals surface area contributed by atoms with E-state index in [-0.39, 0.29) is 17.3 Å². The zero-order valence-corrected chi connectivity index (χ0v) is 21.1. The summed E-state index contributed by atoms with van der Waals surface area (Å²) in [5.74, 6) is -1.98. The van der Waals surface area contributed by atoms with Gasteiger partial charge in [-0.25, -0.2) is 13.4 Å². The molecule has 37 heavy (non-hydrogen) atoms. The minimum absolute atomic E-state index is 0.0553. The number of amides is 1. The quantitative estimate of drug-likeness (QED) is 0.197. The number of benzene rings is 2. The van der Waals surface area contributed by atoms with Gasteiger partial charge in [-0.1, -0.05) is 42.8 Å². The molecule has 0 bridgehead atoms. The van der Waals surface area contributed by atoms with E-state index in [0.717, 1.165) is 24.0 Å². The van der Waals surface area contributed by atoms with E-state index >= 15 is 0 Å². The van der Waals surface area contributed by atoms with E-state index in [9.17, 15) is 23.1 Å². The fourth-order valence-corrected chi connectivity index (χ4v) is 4.83. The molecule has 1 heterocycles. The highest BCUT2D eigenvalue weighted by Crippen LogP contribution is 2.21. The predicted octanol–water partition coefficient (Wildman–Crippen LogP) is 0.975. The van der Waals surface area contributed by atoms with Crippen molar-refractivity contribution in [1.29, 1.82) is 0 Å². The summed E-state index contributed by atoms with van der Waals surface area (Å²) >= 11 is 0. The van der Waals surface area contributed by atoms with Gasteiger partial charge in [0.05, 0.1) is 22.7 Å². The van der Waals surface area contributed by atoms with Gasteiger partial charge in [-0.05, 0) is 41.8 Å². The van der Waals surface area contributed by atoms with Gasteiger partial charge < -0.3 is 26.7 Å². The maximum absolute atomic E-state index is 12.6. The lowest BCUT2D eigenvalue weighted by Gasteiger charge is -2.16. The van der Waals surface area contributed by atoms with Crippen LogP contribution in [0.5, 0.6) is 0 Å². The Hall–Kier alpha value is -3.97. The first-order valence-electron chi connectivity index (χ1n) is 11.6. The third-order valence-corrected chi connectivity index (χ3v) is 6.96. The van der Waals surface area contributed by atoms with E-state index in [1.54, 1.807) is 36.4 Å². The zero-order valence-electron chi connectivity index (χ0n) is 20.3. The molecule has 3 rings (SSSR count). The smallest absolute Gasteiger partial charge is 0.323 e. The van der Waals surface area contributed by atoms with Crippen molar-refractivity contribution in [2.45, 2.75) is 49.6 Å². The van der Waals surface area contributed by atoms with Gasteiger partial charge in [0.25, 0.3) is 0 Å². The van der Waals surface area contributed by atoms with E-state index in [1.165, 1.54) is 12.1 Å². The Morgan fingerprint density at radius 3 is 2.43 bits per heavy atom. The van der Waals surface area contributed by atoms with Gasteiger partial charge in [-0.15, -0.1) is 0 Å². The summed E-state index contributed by atoms with van der Waals surface area (Å²) < 4.78 is 27.4. The van der Waals surface area contributed by atoms with E-state index in [0.29, 0.717) is 17.8 Å². The molecule has 7 N–H and O–H groups in total. The lowest BCUT2D eigenvalue weighted by Crippen LogP contribution is -2.48. The number of carboxylic acids is 1. The van der Waals surface area contributed by atoms with Gasteiger partial charge in [0.2, 0.25) is 15.9 Å². The highest BCUT2D eigenvalue weighted by molar-refractivity contribution is 7.89. The topological polar surface area (TPSA) is 199 Å². The summed E-state index contributed by atoms with van der Waals surface area (Å²) in [4.78, 5) is 33.3. The molecule has 198 valence electrons. The standard InChI is InChI=1S/C24H30N6O6S/c1-2-3-15-4-10-19(11-5-15)37(34,35)30-21(23(32)33)14-27-22(31)13-18-12-20(29-36-18)16-6-8-17(9-7-16)28-24(25)26/h4-11,18,21,30H,2-3,12-14H2,1H3,(H,27,31)(H,32,33)(H4,25,26,28)/t18-,21-/m0/s1. The Labute approximate surface area is 214 Å². The molecule has 2 aromatic carbocycles. The molecule has 2 atom stereocenters.